The van der Waals surface area contributed by atoms with E-state index in [4.69, 9.17) is 0 Å². The molecular weight excluding hydrogens is 346 g/mol. The quantitative estimate of drug-likeness (QED) is 0.591. The van der Waals surface area contributed by atoms with Gasteiger partial charge < -0.3 is 0 Å². The molecule has 3 aromatic rings. The van der Waals surface area contributed by atoms with E-state index in [0.717, 1.165) is 46.7 Å². The van der Waals surface area contributed by atoms with Gasteiger partial charge in [0.1, 0.15) is 5.82 Å². The molecule has 0 saturated carbocycles. The lowest BCUT2D eigenvalue weighted by molar-refractivity contribution is 0.733. The summed E-state index contributed by atoms with van der Waals surface area (Å²) in [6, 6.07) is 8.62. The van der Waals surface area contributed by atoms with E-state index in [1.54, 1.807) is 6.20 Å². The van der Waals surface area contributed by atoms with Crippen molar-refractivity contribution in [1.82, 2.24) is 20.2 Å². The fourth-order valence-electron chi connectivity index (χ4n) is 3.65. The number of aromatic amines is 1. The molecule has 0 saturated heterocycles. The van der Waals surface area contributed by atoms with Crippen LogP contribution in [0.1, 0.15) is 50.9 Å². The van der Waals surface area contributed by atoms with Crippen LogP contribution in [0.15, 0.2) is 59.4 Å². The molecule has 0 bridgehead atoms. The Labute approximate surface area is 166 Å². The largest absolute Gasteiger partial charge is 0.266 e. The number of allylic oxidation sites excluding steroid dienone is 3. The molecule has 144 valence electrons. The first kappa shape index (κ1) is 19.7. The number of aliphatic imine (C=N–C) groups is 1. The standard InChI is InChI=1S/C21H21N5.C2H6/c1-4-14-9-17(11-19(14)22-5-2)15-7-6-8-16(10-15)20-18-12-23-26-21(18)25-13(3)24-20;1-2/h4-8,10,12,17H,1,9,11H2,2-3H3,(H,23,24,25,26);1-2H3. The highest BCUT2D eigenvalue weighted by Gasteiger charge is 2.24. The monoisotopic (exact) mass is 373 g/mol. The number of H-pyrrole nitrogens is 1. The van der Waals surface area contributed by atoms with Gasteiger partial charge in [0.25, 0.3) is 0 Å². The molecule has 0 amide bonds. The van der Waals surface area contributed by atoms with E-state index in [0.29, 0.717) is 5.92 Å². The van der Waals surface area contributed by atoms with Crippen LogP contribution >= 0.6 is 0 Å². The van der Waals surface area contributed by atoms with Gasteiger partial charge in [-0.2, -0.15) is 5.10 Å². The van der Waals surface area contributed by atoms with E-state index >= 15 is 0 Å². The van der Waals surface area contributed by atoms with Crippen LogP contribution in [-0.2, 0) is 0 Å². The highest BCUT2D eigenvalue weighted by molar-refractivity contribution is 5.89. The van der Waals surface area contributed by atoms with Gasteiger partial charge in [-0.1, -0.05) is 44.7 Å². The number of nitrogens with one attached hydrogen (secondary N) is 1. The number of hydrogen-bond donors (Lipinski definition) is 1. The minimum absolute atomic E-state index is 0.421. The second-order valence-electron chi connectivity index (χ2n) is 6.55. The Kier molecular flexibility index (Phi) is 6.14. The lowest BCUT2D eigenvalue weighted by atomic mass is 9.93. The number of hydrogen-bond acceptors (Lipinski definition) is 4. The summed E-state index contributed by atoms with van der Waals surface area (Å²) >= 11 is 0. The molecule has 0 aliphatic heterocycles. The number of nitrogens with zero attached hydrogens (tertiary/aromatic N) is 4. The van der Waals surface area contributed by atoms with Gasteiger partial charge in [-0.15, -0.1) is 0 Å². The predicted octanol–water partition coefficient (Wildman–Crippen LogP) is 5.76. The molecule has 0 radical (unpaired) electrons. The summed E-state index contributed by atoms with van der Waals surface area (Å²) in [6.45, 7) is 11.8. The Balaban J connectivity index is 0.00000109. The molecule has 1 aliphatic carbocycles. The first-order valence-electron chi connectivity index (χ1n) is 9.80. The smallest absolute Gasteiger partial charge is 0.159 e. The van der Waals surface area contributed by atoms with Crippen LogP contribution in [0.4, 0.5) is 0 Å². The van der Waals surface area contributed by atoms with Crippen molar-refractivity contribution in [2.24, 2.45) is 4.99 Å². The van der Waals surface area contributed by atoms with Crippen molar-refractivity contribution >= 4 is 17.2 Å². The van der Waals surface area contributed by atoms with Crippen LogP contribution in [0.3, 0.4) is 0 Å². The van der Waals surface area contributed by atoms with E-state index < -0.39 is 0 Å². The Morgan fingerprint density at radius 3 is 2.79 bits per heavy atom. The van der Waals surface area contributed by atoms with Crippen LogP contribution in [-0.4, -0.2) is 26.4 Å². The van der Waals surface area contributed by atoms with Gasteiger partial charge in [0.15, 0.2) is 5.65 Å². The third-order valence-corrected chi connectivity index (χ3v) is 4.86. The van der Waals surface area contributed by atoms with Crippen LogP contribution in [0, 0.1) is 6.92 Å². The third-order valence-electron chi connectivity index (χ3n) is 4.86. The van der Waals surface area contributed by atoms with Crippen LogP contribution in [0.5, 0.6) is 0 Å². The normalized spacial score (nSPS) is 16.5. The SMILES string of the molecule is C=CC1=C(N=CC)CC(c2cccc(-c3nc(C)nc4[nH]ncc34)c2)C1.CC. The molecule has 4 rings (SSSR count). The zero-order valence-corrected chi connectivity index (χ0v) is 17.0. The van der Waals surface area contributed by atoms with Crippen molar-refractivity contribution in [3.63, 3.8) is 0 Å². The molecule has 1 unspecified atom stereocenters. The van der Waals surface area contributed by atoms with Gasteiger partial charge in [-0.05, 0) is 49.8 Å². The molecule has 1 atom stereocenters. The van der Waals surface area contributed by atoms with E-state index in [1.807, 2.05) is 40.0 Å². The van der Waals surface area contributed by atoms with Crippen molar-refractivity contribution < 1.29 is 0 Å². The summed E-state index contributed by atoms with van der Waals surface area (Å²) < 4.78 is 0. The lowest BCUT2D eigenvalue weighted by Crippen LogP contribution is -1.97. The van der Waals surface area contributed by atoms with Crippen molar-refractivity contribution in [1.29, 1.82) is 0 Å². The zero-order chi connectivity index (χ0) is 20.1. The van der Waals surface area contributed by atoms with E-state index in [9.17, 15) is 0 Å². The Bertz CT molecular complexity index is 1040. The van der Waals surface area contributed by atoms with E-state index in [2.05, 4.69) is 56.0 Å². The summed E-state index contributed by atoms with van der Waals surface area (Å²) in [5, 5.41) is 8.00. The molecule has 28 heavy (non-hydrogen) atoms. The van der Waals surface area contributed by atoms with Crippen LogP contribution < -0.4 is 0 Å². The van der Waals surface area contributed by atoms with Crippen LogP contribution in [0.2, 0.25) is 0 Å². The third kappa shape index (κ3) is 3.79. The number of benzene rings is 1. The molecule has 5 nitrogen and oxygen atoms in total. The molecule has 1 N–H and O–H groups in total. The number of aryl methyl sites for hydroxylation is 1. The van der Waals surface area contributed by atoms with Crippen LogP contribution in [0.25, 0.3) is 22.3 Å². The summed E-state index contributed by atoms with van der Waals surface area (Å²) in [6.07, 6.45) is 7.51. The highest BCUT2D eigenvalue weighted by Crippen LogP contribution is 2.40. The van der Waals surface area contributed by atoms with Crippen molar-refractivity contribution in [2.75, 3.05) is 0 Å². The second kappa shape index (κ2) is 8.74. The molecule has 5 heteroatoms. The van der Waals surface area contributed by atoms with Gasteiger partial charge in [0, 0.05) is 17.5 Å². The molecule has 1 aromatic carbocycles. The number of fused-ring (bicyclic) bond motifs is 1. The molecular formula is C23H27N5. The summed E-state index contributed by atoms with van der Waals surface area (Å²) in [4.78, 5) is 13.6. The summed E-state index contributed by atoms with van der Waals surface area (Å²) in [5.41, 5.74) is 6.48. The van der Waals surface area contributed by atoms with E-state index in [1.165, 1.54) is 11.1 Å². The minimum atomic E-state index is 0.421. The summed E-state index contributed by atoms with van der Waals surface area (Å²) in [5.74, 6) is 1.16. The minimum Gasteiger partial charge on any atom is -0.266 e. The fourth-order valence-corrected chi connectivity index (χ4v) is 3.65. The van der Waals surface area contributed by atoms with Gasteiger partial charge >= 0.3 is 0 Å². The maximum atomic E-state index is 4.67. The molecule has 0 spiro atoms. The average molecular weight is 374 g/mol. The number of rotatable bonds is 4. The van der Waals surface area contributed by atoms with Gasteiger partial charge in [0.05, 0.1) is 17.3 Å². The fraction of sp³-hybridized carbons (Fsp3) is 0.304. The first-order valence-corrected chi connectivity index (χ1v) is 9.80. The van der Waals surface area contributed by atoms with Gasteiger partial charge in [-0.3, -0.25) is 10.1 Å². The topological polar surface area (TPSA) is 66.8 Å². The van der Waals surface area contributed by atoms with Crippen molar-refractivity contribution in [3.05, 3.63) is 65.8 Å². The predicted molar refractivity (Wildman–Crippen MR) is 117 cm³/mol. The van der Waals surface area contributed by atoms with Crippen molar-refractivity contribution in [3.8, 4) is 11.3 Å². The maximum Gasteiger partial charge on any atom is 0.159 e. The Morgan fingerprint density at radius 1 is 1.21 bits per heavy atom. The Hall–Kier alpha value is -3.08. The lowest BCUT2D eigenvalue weighted by Gasteiger charge is -2.12. The van der Waals surface area contributed by atoms with E-state index in [-0.39, 0.29) is 0 Å². The molecule has 2 aromatic heterocycles. The first-order chi connectivity index (χ1) is 13.7. The number of aromatic nitrogens is 4. The average Bonchev–Trinajstić information content (AvgIpc) is 3.36. The molecule has 1 aliphatic rings. The zero-order valence-electron chi connectivity index (χ0n) is 17.0. The van der Waals surface area contributed by atoms with Gasteiger partial charge in [-0.25, -0.2) is 9.97 Å². The van der Waals surface area contributed by atoms with Gasteiger partial charge in [0.2, 0.25) is 0 Å². The second-order valence-corrected chi connectivity index (χ2v) is 6.55. The van der Waals surface area contributed by atoms with Crippen molar-refractivity contribution in [2.45, 2.75) is 46.5 Å². The Morgan fingerprint density at radius 2 is 2.04 bits per heavy atom. The maximum absolute atomic E-state index is 4.67. The summed E-state index contributed by atoms with van der Waals surface area (Å²) in [7, 11) is 0. The molecule has 2 heterocycles. The highest BCUT2D eigenvalue weighted by atomic mass is 15.1. The molecule has 0 fully saturated rings.